The summed E-state index contributed by atoms with van der Waals surface area (Å²) in [5.41, 5.74) is 0.641. The lowest BCUT2D eigenvalue weighted by Crippen LogP contribution is -2.49. The maximum absolute atomic E-state index is 13.0. The number of H-pyrrole nitrogens is 1. The number of hydrogen-bond donors (Lipinski definition) is 1. The van der Waals surface area contributed by atoms with Crippen molar-refractivity contribution in [3.05, 3.63) is 110 Å². The zero-order valence-corrected chi connectivity index (χ0v) is 20.2. The third-order valence-electron chi connectivity index (χ3n) is 5.19. The van der Waals surface area contributed by atoms with Crippen molar-refractivity contribution < 1.29 is 14.3 Å². The van der Waals surface area contributed by atoms with E-state index < -0.39 is 17.3 Å². The minimum atomic E-state index is -0.549. The van der Waals surface area contributed by atoms with Crippen LogP contribution in [-0.4, -0.2) is 32.2 Å². The maximum atomic E-state index is 13.0. The van der Waals surface area contributed by atoms with Gasteiger partial charge in [-0.05, 0) is 55.0 Å². The molecule has 0 spiro atoms. The number of benzene rings is 2. The molecule has 2 aromatic heterocycles. The van der Waals surface area contributed by atoms with Crippen LogP contribution in [0.3, 0.4) is 0 Å². The molecule has 0 saturated heterocycles. The normalized spacial score (nSPS) is 11.4. The van der Waals surface area contributed by atoms with Gasteiger partial charge in [-0.25, -0.2) is 23.9 Å². The SMILES string of the molecule is CCn1c(=O)[nH]/c(=N\c2ccc(Oc3cncc(C(=O)OC)c3)cc2)n(Cc2ccc(Cl)cc2)c1=O. The third-order valence-corrected chi connectivity index (χ3v) is 5.45. The zero-order valence-electron chi connectivity index (χ0n) is 19.5. The van der Waals surface area contributed by atoms with Crippen LogP contribution in [0.25, 0.3) is 0 Å². The van der Waals surface area contributed by atoms with Gasteiger partial charge >= 0.3 is 17.3 Å². The molecule has 0 amide bonds. The van der Waals surface area contributed by atoms with Crippen molar-refractivity contribution in [2.24, 2.45) is 4.99 Å². The van der Waals surface area contributed by atoms with Crippen molar-refractivity contribution in [1.29, 1.82) is 0 Å². The van der Waals surface area contributed by atoms with Crippen molar-refractivity contribution >= 4 is 23.3 Å². The molecule has 2 heterocycles. The monoisotopic (exact) mass is 507 g/mol. The number of esters is 1. The van der Waals surface area contributed by atoms with E-state index in [0.29, 0.717) is 22.2 Å². The van der Waals surface area contributed by atoms with Crippen LogP contribution in [0.4, 0.5) is 5.69 Å². The number of halogens is 1. The van der Waals surface area contributed by atoms with Crippen molar-refractivity contribution in [3.63, 3.8) is 0 Å². The van der Waals surface area contributed by atoms with Crippen LogP contribution in [-0.2, 0) is 17.8 Å². The molecule has 184 valence electrons. The Labute approximate surface area is 210 Å². The second-order valence-electron chi connectivity index (χ2n) is 7.60. The highest BCUT2D eigenvalue weighted by molar-refractivity contribution is 6.30. The lowest BCUT2D eigenvalue weighted by atomic mass is 10.2. The fourth-order valence-corrected chi connectivity index (χ4v) is 3.51. The Balaban J connectivity index is 1.66. The van der Waals surface area contributed by atoms with Gasteiger partial charge in [0.05, 0.1) is 31.1 Å². The molecule has 4 aromatic rings. The summed E-state index contributed by atoms with van der Waals surface area (Å²) in [6.45, 7) is 2.12. The van der Waals surface area contributed by atoms with Gasteiger partial charge < -0.3 is 9.47 Å². The molecule has 0 radical (unpaired) electrons. The number of carbonyl (C=O) groups is 1. The smallest absolute Gasteiger partial charge is 0.339 e. The van der Waals surface area contributed by atoms with E-state index in [1.54, 1.807) is 55.5 Å². The van der Waals surface area contributed by atoms with Gasteiger partial charge in [-0.1, -0.05) is 23.7 Å². The minimum Gasteiger partial charge on any atom is -0.465 e. The number of nitrogens with one attached hydrogen (secondary N) is 1. The molecule has 0 aliphatic heterocycles. The third kappa shape index (κ3) is 5.61. The van der Waals surface area contributed by atoms with E-state index in [1.807, 2.05) is 0 Å². The molecule has 36 heavy (non-hydrogen) atoms. The van der Waals surface area contributed by atoms with Crippen molar-refractivity contribution in [2.75, 3.05) is 7.11 Å². The molecule has 0 fully saturated rings. The molecule has 2 aromatic carbocycles. The van der Waals surface area contributed by atoms with Gasteiger partial charge in [0.25, 0.3) is 0 Å². The first-order chi connectivity index (χ1) is 17.4. The predicted molar refractivity (Wildman–Crippen MR) is 133 cm³/mol. The molecular weight excluding hydrogens is 486 g/mol. The van der Waals surface area contributed by atoms with E-state index in [-0.39, 0.29) is 24.3 Å². The molecular formula is C25H22ClN5O5. The quantitative estimate of drug-likeness (QED) is 0.383. The number of aromatic nitrogens is 4. The number of nitrogens with zero attached hydrogens (tertiary/aromatic N) is 4. The summed E-state index contributed by atoms with van der Waals surface area (Å²) in [6, 6.07) is 15.3. The summed E-state index contributed by atoms with van der Waals surface area (Å²) in [5.74, 6) is 0.311. The molecule has 1 N–H and O–H groups in total. The summed E-state index contributed by atoms with van der Waals surface area (Å²) < 4.78 is 12.9. The predicted octanol–water partition coefficient (Wildman–Crippen LogP) is 3.27. The van der Waals surface area contributed by atoms with Gasteiger partial charge in [0.15, 0.2) is 0 Å². The number of carbonyl (C=O) groups excluding carboxylic acids is 1. The second kappa shape index (κ2) is 10.9. The number of methoxy groups -OCH3 is 1. The van der Waals surface area contributed by atoms with Gasteiger partial charge in [0.1, 0.15) is 11.5 Å². The van der Waals surface area contributed by atoms with Crippen LogP contribution in [0, 0.1) is 0 Å². The summed E-state index contributed by atoms with van der Waals surface area (Å²) in [4.78, 5) is 48.3. The van der Waals surface area contributed by atoms with Gasteiger partial charge in [-0.2, -0.15) is 0 Å². The van der Waals surface area contributed by atoms with Crippen molar-refractivity contribution in [2.45, 2.75) is 20.0 Å². The maximum Gasteiger partial charge on any atom is 0.339 e. The van der Waals surface area contributed by atoms with Gasteiger partial charge in [0, 0.05) is 17.8 Å². The van der Waals surface area contributed by atoms with E-state index >= 15 is 0 Å². The summed E-state index contributed by atoms with van der Waals surface area (Å²) in [7, 11) is 1.29. The molecule has 0 bridgehead atoms. The Morgan fingerprint density at radius 2 is 1.75 bits per heavy atom. The molecule has 0 unspecified atom stereocenters. The van der Waals surface area contributed by atoms with Crippen LogP contribution < -0.4 is 21.7 Å². The van der Waals surface area contributed by atoms with Crippen LogP contribution in [0.5, 0.6) is 11.5 Å². The summed E-state index contributed by atoms with van der Waals surface area (Å²) in [5, 5.41) is 0.580. The first kappa shape index (κ1) is 24.7. The first-order valence-electron chi connectivity index (χ1n) is 10.9. The Morgan fingerprint density at radius 3 is 2.42 bits per heavy atom. The highest BCUT2D eigenvalue weighted by atomic mass is 35.5. The molecule has 11 heteroatoms. The van der Waals surface area contributed by atoms with E-state index in [4.69, 9.17) is 21.1 Å². The van der Waals surface area contributed by atoms with Crippen LogP contribution in [0.1, 0.15) is 22.8 Å². The zero-order chi connectivity index (χ0) is 25.7. The van der Waals surface area contributed by atoms with Crippen LogP contribution >= 0.6 is 11.6 Å². The Bertz CT molecular complexity index is 1570. The molecule has 0 saturated carbocycles. The fourth-order valence-electron chi connectivity index (χ4n) is 3.39. The molecule has 0 aliphatic rings. The molecule has 0 aliphatic carbocycles. The summed E-state index contributed by atoms with van der Waals surface area (Å²) in [6.07, 6.45) is 2.85. The number of rotatable bonds is 7. The highest BCUT2D eigenvalue weighted by Gasteiger charge is 2.10. The molecule has 0 atom stereocenters. The Hall–Kier alpha value is -4.44. The van der Waals surface area contributed by atoms with E-state index in [0.717, 1.165) is 10.1 Å². The van der Waals surface area contributed by atoms with Crippen LogP contribution in [0.15, 0.2) is 81.6 Å². The highest BCUT2D eigenvalue weighted by Crippen LogP contribution is 2.24. The number of pyridine rings is 1. The molecule has 4 rings (SSSR count). The Kier molecular flexibility index (Phi) is 7.45. The largest absolute Gasteiger partial charge is 0.465 e. The van der Waals surface area contributed by atoms with E-state index in [1.165, 1.54) is 30.1 Å². The van der Waals surface area contributed by atoms with Crippen LogP contribution in [0.2, 0.25) is 5.02 Å². The summed E-state index contributed by atoms with van der Waals surface area (Å²) >= 11 is 5.97. The first-order valence-corrected chi connectivity index (χ1v) is 11.3. The van der Waals surface area contributed by atoms with Gasteiger partial charge in [-0.3, -0.25) is 14.5 Å². The fraction of sp³-hybridized carbons (Fsp3) is 0.160. The van der Waals surface area contributed by atoms with E-state index in [2.05, 4.69) is 15.0 Å². The lowest BCUT2D eigenvalue weighted by Gasteiger charge is -2.10. The van der Waals surface area contributed by atoms with Crippen molar-refractivity contribution in [3.8, 4) is 11.5 Å². The standard InChI is InChI=1S/C25H22ClN5O5/c1-3-30-24(33)29-23(31(25(30)34)15-16-4-6-18(26)7-5-16)28-19-8-10-20(11-9-19)36-21-12-17(13-27-14-21)22(32)35-2/h4-14H,3,15H2,1-2H3,(H,28,29,33). The lowest BCUT2D eigenvalue weighted by molar-refractivity contribution is 0.0600. The Morgan fingerprint density at radius 1 is 1.03 bits per heavy atom. The minimum absolute atomic E-state index is 0.105. The number of hydrogen-bond acceptors (Lipinski definition) is 7. The van der Waals surface area contributed by atoms with Crippen molar-refractivity contribution in [1.82, 2.24) is 19.1 Å². The average molecular weight is 508 g/mol. The molecule has 10 nitrogen and oxygen atoms in total. The average Bonchev–Trinajstić information content (AvgIpc) is 2.88. The van der Waals surface area contributed by atoms with E-state index in [9.17, 15) is 14.4 Å². The number of aromatic amines is 1. The van der Waals surface area contributed by atoms with Gasteiger partial charge in [0.2, 0.25) is 5.62 Å². The van der Waals surface area contributed by atoms with Gasteiger partial charge in [-0.15, -0.1) is 0 Å². The number of ether oxygens (including phenoxy) is 2. The second-order valence-corrected chi connectivity index (χ2v) is 8.04. The topological polar surface area (TPSA) is 121 Å².